The summed E-state index contributed by atoms with van der Waals surface area (Å²) >= 11 is 0. The number of fused-ring (bicyclic) bond motifs is 2. The Balaban J connectivity index is 1.48. The molecule has 6 nitrogen and oxygen atoms in total. The van der Waals surface area contributed by atoms with E-state index in [9.17, 15) is 9.59 Å². The van der Waals surface area contributed by atoms with Crippen LogP contribution in [0, 0.1) is 0 Å². The topological polar surface area (TPSA) is 76.7 Å². The maximum atomic E-state index is 12.5. The number of hydrogen-bond acceptors (Lipinski definition) is 4. The van der Waals surface area contributed by atoms with Gasteiger partial charge in [0, 0.05) is 11.1 Å². The van der Waals surface area contributed by atoms with E-state index in [4.69, 9.17) is 9.47 Å². The van der Waals surface area contributed by atoms with Gasteiger partial charge in [0.25, 0.3) is 11.8 Å². The van der Waals surface area contributed by atoms with Gasteiger partial charge in [0.1, 0.15) is 13.2 Å². The highest BCUT2D eigenvalue weighted by molar-refractivity contribution is 6.08. The van der Waals surface area contributed by atoms with Crippen molar-refractivity contribution in [2.24, 2.45) is 0 Å². The molecule has 0 unspecified atom stereocenters. The standard InChI is InChI=1S/C20H16N2O4/c23-19(14-8-9-17-18(12-14)26-11-10-25-17)21-22-20(24)16-7-3-5-13-4-1-2-6-15(13)16/h1-9,12H,10-11H2,(H,21,23)(H,22,24). The van der Waals surface area contributed by atoms with Gasteiger partial charge in [-0.1, -0.05) is 36.4 Å². The molecule has 3 aromatic carbocycles. The summed E-state index contributed by atoms with van der Waals surface area (Å²) in [5.74, 6) is 0.306. The van der Waals surface area contributed by atoms with Crippen LogP contribution < -0.4 is 20.3 Å². The first-order chi connectivity index (χ1) is 12.7. The van der Waals surface area contributed by atoms with E-state index in [1.807, 2.05) is 30.3 Å². The molecule has 1 aliphatic rings. The average molecular weight is 348 g/mol. The van der Waals surface area contributed by atoms with Crippen LogP contribution in [0.25, 0.3) is 10.8 Å². The third-order valence-corrected chi connectivity index (χ3v) is 4.13. The van der Waals surface area contributed by atoms with Crippen LogP contribution in [0.15, 0.2) is 60.7 Å². The molecular weight excluding hydrogens is 332 g/mol. The number of hydrogen-bond donors (Lipinski definition) is 2. The van der Waals surface area contributed by atoms with Gasteiger partial charge < -0.3 is 9.47 Å². The predicted molar refractivity (Wildman–Crippen MR) is 96.3 cm³/mol. The first kappa shape index (κ1) is 16.0. The summed E-state index contributed by atoms with van der Waals surface area (Å²) in [6.45, 7) is 0.926. The number of amides is 2. The van der Waals surface area contributed by atoms with E-state index in [0.717, 1.165) is 10.8 Å². The van der Waals surface area contributed by atoms with Crippen molar-refractivity contribution in [2.75, 3.05) is 13.2 Å². The summed E-state index contributed by atoms with van der Waals surface area (Å²) in [5.41, 5.74) is 5.75. The normalized spacial score (nSPS) is 12.5. The third-order valence-electron chi connectivity index (χ3n) is 4.13. The van der Waals surface area contributed by atoms with Crippen molar-refractivity contribution in [1.29, 1.82) is 0 Å². The van der Waals surface area contributed by atoms with Crippen molar-refractivity contribution < 1.29 is 19.1 Å². The van der Waals surface area contributed by atoms with Gasteiger partial charge in [0.05, 0.1) is 0 Å². The van der Waals surface area contributed by atoms with E-state index in [-0.39, 0.29) is 5.91 Å². The molecule has 0 radical (unpaired) electrons. The summed E-state index contributed by atoms with van der Waals surface area (Å²) in [4.78, 5) is 24.8. The van der Waals surface area contributed by atoms with Gasteiger partial charge >= 0.3 is 0 Å². The molecule has 2 amide bonds. The van der Waals surface area contributed by atoms with Crippen molar-refractivity contribution in [3.63, 3.8) is 0 Å². The van der Waals surface area contributed by atoms with Crippen molar-refractivity contribution in [2.45, 2.75) is 0 Å². The minimum atomic E-state index is -0.435. The lowest BCUT2D eigenvalue weighted by Gasteiger charge is -2.18. The van der Waals surface area contributed by atoms with E-state index in [1.54, 1.807) is 30.3 Å². The fraction of sp³-hybridized carbons (Fsp3) is 0.100. The van der Waals surface area contributed by atoms with Gasteiger partial charge in [-0.15, -0.1) is 0 Å². The molecule has 3 aromatic rings. The fourth-order valence-corrected chi connectivity index (χ4v) is 2.86. The van der Waals surface area contributed by atoms with Crippen LogP contribution in [0.5, 0.6) is 11.5 Å². The molecule has 0 aliphatic carbocycles. The van der Waals surface area contributed by atoms with Gasteiger partial charge in [-0.2, -0.15) is 0 Å². The minimum Gasteiger partial charge on any atom is -0.486 e. The highest BCUT2D eigenvalue weighted by Gasteiger charge is 2.16. The molecule has 26 heavy (non-hydrogen) atoms. The molecule has 0 aromatic heterocycles. The Morgan fingerprint density at radius 3 is 2.38 bits per heavy atom. The zero-order valence-corrected chi connectivity index (χ0v) is 13.8. The lowest BCUT2D eigenvalue weighted by atomic mass is 10.0. The number of carbonyl (C=O) groups is 2. The second kappa shape index (κ2) is 6.76. The molecule has 0 bridgehead atoms. The number of ether oxygens (including phenoxy) is 2. The maximum Gasteiger partial charge on any atom is 0.270 e. The van der Waals surface area contributed by atoms with E-state index in [1.165, 1.54) is 0 Å². The Morgan fingerprint density at radius 1 is 0.769 bits per heavy atom. The van der Waals surface area contributed by atoms with E-state index < -0.39 is 5.91 Å². The van der Waals surface area contributed by atoms with Crippen molar-refractivity contribution in [3.8, 4) is 11.5 Å². The Labute approximate surface area is 149 Å². The third kappa shape index (κ3) is 3.04. The lowest BCUT2D eigenvalue weighted by Crippen LogP contribution is -2.41. The number of benzene rings is 3. The molecule has 1 heterocycles. The molecule has 0 fully saturated rings. The number of hydrazine groups is 1. The Morgan fingerprint density at radius 2 is 1.50 bits per heavy atom. The van der Waals surface area contributed by atoms with Gasteiger partial charge in [-0.3, -0.25) is 20.4 Å². The maximum absolute atomic E-state index is 12.5. The Kier molecular flexibility index (Phi) is 4.15. The van der Waals surface area contributed by atoms with Crippen LogP contribution in [0.4, 0.5) is 0 Å². The molecule has 0 saturated carbocycles. The van der Waals surface area contributed by atoms with Gasteiger partial charge in [-0.05, 0) is 35.0 Å². The zero-order valence-electron chi connectivity index (χ0n) is 13.8. The monoisotopic (exact) mass is 348 g/mol. The van der Waals surface area contributed by atoms with Crippen LogP contribution in [0.2, 0.25) is 0 Å². The fourth-order valence-electron chi connectivity index (χ4n) is 2.86. The Bertz CT molecular complexity index is 995. The molecule has 4 rings (SSSR count). The first-order valence-electron chi connectivity index (χ1n) is 8.20. The molecule has 0 saturated heterocycles. The zero-order chi connectivity index (χ0) is 17.9. The Hall–Kier alpha value is -3.54. The van der Waals surface area contributed by atoms with Crippen LogP contribution >= 0.6 is 0 Å². The molecule has 1 aliphatic heterocycles. The molecular formula is C20H16N2O4. The molecule has 2 N–H and O–H groups in total. The molecule has 130 valence electrons. The summed E-state index contributed by atoms with van der Waals surface area (Å²) in [6, 6.07) is 17.9. The number of rotatable bonds is 2. The van der Waals surface area contributed by atoms with Gasteiger partial charge in [0.15, 0.2) is 11.5 Å². The second-order valence-corrected chi connectivity index (χ2v) is 5.79. The lowest BCUT2D eigenvalue weighted by molar-refractivity contribution is 0.0847. The molecule has 0 spiro atoms. The second-order valence-electron chi connectivity index (χ2n) is 5.79. The minimum absolute atomic E-state index is 0.368. The predicted octanol–water partition coefficient (Wildman–Crippen LogP) is 2.69. The number of carbonyl (C=O) groups excluding carboxylic acids is 2. The van der Waals surface area contributed by atoms with Gasteiger partial charge in [0.2, 0.25) is 0 Å². The quantitative estimate of drug-likeness (QED) is 0.698. The summed E-state index contributed by atoms with van der Waals surface area (Å²) < 4.78 is 10.9. The summed E-state index contributed by atoms with van der Waals surface area (Å²) in [6.07, 6.45) is 0. The van der Waals surface area contributed by atoms with Crippen molar-refractivity contribution in [1.82, 2.24) is 10.9 Å². The van der Waals surface area contributed by atoms with Crippen molar-refractivity contribution >= 4 is 22.6 Å². The van der Waals surface area contributed by atoms with E-state index in [2.05, 4.69) is 10.9 Å². The highest BCUT2D eigenvalue weighted by Crippen LogP contribution is 2.30. The largest absolute Gasteiger partial charge is 0.486 e. The SMILES string of the molecule is O=C(NNC(=O)c1cccc2ccccc12)c1ccc2c(c1)OCCO2. The number of nitrogens with one attached hydrogen (secondary N) is 2. The molecule has 6 heteroatoms. The molecule has 0 atom stereocenters. The first-order valence-corrected chi connectivity index (χ1v) is 8.20. The van der Waals surface area contributed by atoms with Crippen molar-refractivity contribution in [3.05, 3.63) is 71.8 Å². The van der Waals surface area contributed by atoms with Crippen LogP contribution in [-0.4, -0.2) is 25.0 Å². The van der Waals surface area contributed by atoms with Crippen LogP contribution in [0.3, 0.4) is 0 Å². The average Bonchev–Trinajstić information content (AvgIpc) is 2.71. The van der Waals surface area contributed by atoms with Gasteiger partial charge in [-0.25, -0.2) is 0 Å². The van der Waals surface area contributed by atoms with E-state index >= 15 is 0 Å². The van der Waals surface area contributed by atoms with E-state index in [0.29, 0.717) is 35.8 Å². The van der Waals surface area contributed by atoms with Crippen LogP contribution in [-0.2, 0) is 0 Å². The smallest absolute Gasteiger partial charge is 0.270 e. The van der Waals surface area contributed by atoms with Crippen LogP contribution in [0.1, 0.15) is 20.7 Å². The summed E-state index contributed by atoms with van der Waals surface area (Å²) in [5, 5.41) is 1.78. The summed E-state index contributed by atoms with van der Waals surface area (Å²) in [7, 11) is 0. The highest BCUT2D eigenvalue weighted by atomic mass is 16.6.